The fourth-order valence-corrected chi connectivity index (χ4v) is 2.15. The van der Waals surface area contributed by atoms with Crippen molar-refractivity contribution in [2.45, 2.75) is 51.9 Å². The van der Waals surface area contributed by atoms with Gasteiger partial charge >= 0.3 is 0 Å². The number of benzene rings is 1. The van der Waals surface area contributed by atoms with Gasteiger partial charge < -0.3 is 4.52 Å². The predicted molar refractivity (Wildman–Crippen MR) is 73.9 cm³/mol. The molecule has 0 aliphatic heterocycles. The second-order valence-corrected chi connectivity index (χ2v) is 4.48. The number of para-hydroxylation sites is 1. The molecule has 16 heavy (non-hydrogen) atoms. The molecule has 0 saturated heterocycles. The van der Waals surface area contributed by atoms with Gasteiger partial charge in [0.2, 0.25) is 0 Å². The Morgan fingerprint density at radius 1 is 1.00 bits per heavy atom. The van der Waals surface area contributed by atoms with Crippen molar-refractivity contribution < 1.29 is 4.52 Å². The van der Waals surface area contributed by atoms with Crippen LogP contribution in [0.1, 0.15) is 51.0 Å². The standard InChI is InChI=1S/C14H23OP/c1-2-3-4-5-6-7-10-13-11-8-9-12-14(13)15-16/h8-9,11-12H,2-7,10,16H2,1H3. The molecule has 2 heteroatoms. The molecule has 0 heterocycles. The van der Waals surface area contributed by atoms with Crippen LogP contribution in [0.15, 0.2) is 24.3 Å². The van der Waals surface area contributed by atoms with Gasteiger partial charge in [-0.05, 0) is 24.5 Å². The molecule has 0 aliphatic carbocycles. The van der Waals surface area contributed by atoms with E-state index in [1.54, 1.807) is 0 Å². The molecule has 0 radical (unpaired) electrons. The Balaban J connectivity index is 2.21. The Labute approximate surface area is 102 Å². The summed E-state index contributed by atoms with van der Waals surface area (Å²) in [6.45, 7) is 2.26. The van der Waals surface area contributed by atoms with Crippen LogP contribution in [0.5, 0.6) is 5.75 Å². The molecule has 1 rings (SSSR count). The summed E-state index contributed by atoms with van der Waals surface area (Å²) in [5, 5.41) is 0. The van der Waals surface area contributed by atoms with Gasteiger partial charge in [0.25, 0.3) is 0 Å². The van der Waals surface area contributed by atoms with Crippen molar-refractivity contribution in [3.63, 3.8) is 0 Å². The van der Waals surface area contributed by atoms with Crippen molar-refractivity contribution in [2.24, 2.45) is 0 Å². The lowest BCUT2D eigenvalue weighted by atomic mass is 10.0. The Bertz CT molecular complexity index is 286. The summed E-state index contributed by atoms with van der Waals surface area (Å²) in [6, 6.07) is 8.29. The molecule has 1 nitrogen and oxygen atoms in total. The van der Waals surface area contributed by atoms with E-state index >= 15 is 0 Å². The Morgan fingerprint density at radius 2 is 1.69 bits per heavy atom. The predicted octanol–water partition coefficient (Wildman–Crippen LogP) is 4.76. The molecule has 0 amide bonds. The smallest absolute Gasteiger partial charge is 0.125 e. The van der Waals surface area contributed by atoms with E-state index < -0.39 is 0 Å². The average molecular weight is 238 g/mol. The average Bonchev–Trinajstić information content (AvgIpc) is 2.34. The highest BCUT2D eigenvalue weighted by Gasteiger charge is 2.00. The zero-order valence-electron chi connectivity index (χ0n) is 10.2. The minimum Gasteiger partial charge on any atom is -0.480 e. The van der Waals surface area contributed by atoms with E-state index in [1.165, 1.54) is 44.1 Å². The molecule has 0 spiro atoms. The quantitative estimate of drug-likeness (QED) is 0.468. The van der Waals surface area contributed by atoms with Crippen LogP contribution in [0.2, 0.25) is 0 Å². The lowest BCUT2D eigenvalue weighted by Gasteiger charge is -2.07. The van der Waals surface area contributed by atoms with Gasteiger partial charge in [0.15, 0.2) is 0 Å². The molecule has 0 bridgehead atoms. The molecule has 0 saturated carbocycles. The molecule has 90 valence electrons. The minimum atomic E-state index is 1.00. The second-order valence-electron chi connectivity index (χ2n) is 4.24. The van der Waals surface area contributed by atoms with Gasteiger partial charge in [-0.15, -0.1) is 0 Å². The summed E-state index contributed by atoms with van der Waals surface area (Å²) < 4.78 is 5.26. The molecular formula is C14H23OP. The SMILES string of the molecule is CCCCCCCCc1ccccc1OP. The van der Waals surface area contributed by atoms with Crippen LogP contribution < -0.4 is 4.52 Å². The second kappa shape index (κ2) is 8.58. The molecule has 1 aromatic carbocycles. The van der Waals surface area contributed by atoms with Gasteiger partial charge in [0.1, 0.15) is 5.75 Å². The third-order valence-corrected chi connectivity index (χ3v) is 3.15. The third-order valence-electron chi connectivity index (χ3n) is 2.90. The maximum absolute atomic E-state index is 5.26. The van der Waals surface area contributed by atoms with E-state index in [-0.39, 0.29) is 0 Å². The summed E-state index contributed by atoms with van der Waals surface area (Å²) in [5.74, 6) is 1.00. The maximum Gasteiger partial charge on any atom is 0.125 e. The Hall–Kier alpha value is -0.550. The van der Waals surface area contributed by atoms with Gasteiger partial charge in [0, 0.05) is 0 Å². The van der Waals surface area contributed by atoms with E-state index in [1.807, 2.05) is 12.1 Å². The van der Waals surface area contributed by atoms with Gasteiger partial charge in [-0.1, -0.05) is 57.2 Å². The number of hydrogen-bond acceptors (Lipinski definition) is 1. The first-order valence-electron chi connectivity index (χ1n) is 6.33. The minimum absolute atomic E-state index is 1.00. The first-order valence-corrected chi connectivity index (χ1v) is 6.80. The molecule has 1 atom stereocenters. The first-order chi connectivity index (χ1) is 7.88. The van der Waals surface area contributed by atoms with E-state index in [4.69, 9.17) is 4.52 Å². The molecule has 0 N–H and O–H groups in total. The Kier molecular flexibility index (Phi) is 7.25. The van der Waals surface area contributed by atoms with Crippen molar-refractivity contribution in [3.05, 3.63) is 29.8 Å². The van der Waals surface area contributed by atoms with Crippen molar-refractivity contribution >= 4 is 9.47 Å². The van der Waals surface area contributed by atoms with Gasteiger partial charge in [-0.3, -0.25) is 0 Å². The van der Waals surface area contributed by atoms with Crippen LogP contribution in [0.4, 0.5) is 0 Å². The van der Waals surface area contributed by atoms with Crippen molar-refractivity contribution in [1.82, 2.24) is 0 Å². The summed E-state index contributed by atoms with van der Waals surface area (Å²) in [4.78, 5) is 0. The number of rotatable bonds is 8. The van der Waals surface area contributed by atoms with Crippen molar-refractivity contribution in [2.75, 3.05) is 0 Å². The summed E-state index contributed by atoms with van der Waals surface area (Å²) in [7, 11) is 2.33. The zero-order valence-corrected chi connectivity index (χ0v) is 11.4. The van der Waals surface area contributed by atoms with Crippen LogP contribution in [-0.4, -0.2) is 0 Å². The fourth-order valence-electron chi connectivity index (χ4n) is 1.92. The van der Waals surface area contributed by atoms with Crippen LogP contribution in [0.25, 0.3) is 0 Å². The highest BCUT2D eigenvalue weighted by Crippen LogP contribution is 2.22. The lowest BCUT2D eigenvalue weighted by Crippen LogP contribution is -1.89. The summed E-state index contributed by atoms with van der Waals surface area (Å²) >= 11 is 0. The molecule has 1 unspecified atom stereocenters. The zero-order chi connectivity index (χ0) is 11.6. The van der Waals surface area contributed by atoms with Gasteiger partial charge in [-0.25, -0.2) is 0 Å². The van der Waals surface area contributed by atoms with Crippen LogP contribution in [0, 0.1) is 0 Å². The monoisotopic (exact) mass is 238 g/mol. The molecule has 0 aromatic heterocycles. The van der Waals surface area contributed by atoms with Gasteiger partial charge in [-0.2, -0.15) is 0 Å². The van der Waals surface area contributed by atoms with E-state index in [2.05, 4.69) is 28.5 Å². The summed E-state index contributed by atoms with van der Waals surface area (Å²) in [6.07, 6.45) is 9.21. The molecule has 0 fully saturated rings. The normalized spacial score (nSPS) is 10.4. The number of unbranched alkanes of at least 4 members (excludes halogenated alkanes) is 5. The van der Waals surface area contributed by atoms with Crippen molar-refractivity contribution in [1.29, 1.82) is 0 Å². The largest absolute Gasteiger partial charge is 0.480 e. The highest BCUT2D eigenvalue weighted by molar-refractivity contribution is 7.10. The Morgan fingerprint density at radius 3 is 2.44 bits per heavy atom. The van der Waals surface area contributed by atoms with Crippen LogP contribution >= 0.6 is 9.47 Å². The molecule has 1 aromatic rings. The third kappa shape index (κ3) is 4.99. The maximum atomic E-state index is 5.26. The fraction of sp³-hybridized carbons (Fsp3) is 0.571. The highest BCUT2D eigenvalue weighted by atomic mass is 31.0. The first kappa shape index (κ1) is 13.5. The molecular weight excluding hydrogens is 215 g/mol. The van der Waals surface area contributed by atoms with Gasteiger partial charge in [0.05, 0.1) is 9.47 Å². The number of aryl methyl sites for hydroxylation is 1. The topological polar surface area (TPSA) is 9.23 Å². The van der Waals surface area contributed by atoms with E-state index in [9.17, 15) is 0 Å². The van der Waals surface area contributed by atoms with Crippen LogP contribution in [0.3, 0.4) is 0 Å². The molecule has 0 aliphatic rings. The van der Waals surface area contributed by atoms with E-state index in [0.717, 1.165) is 12.2 Å². The van der Waals surface area contributed by atoms with E-state index in [0.29, 0.717) is 0 Å². The van der Waals surface area contributed by atoms with Crippen molar-refractivity contribution in [3.8, 4) is 5.75 Å². The van der Waals surface area contributed by atoms with Crippen LogP contribution in [-0.2, 0) is 6.42 Å². The lowest BCUT2D eigenvalue weighted by molar-refractivity contribution is 0.594. The summed E-state index contributed by atoms with van der Waals surface area (Å²) in [5.41, 5.74) is 1.33. The number of hydrogen-bond donors (Lipinski definition) is 0.